The second-order valence-electron chi connectivity index (χ2n) is 4.89. The minimum absolute atomic E-state index is 0.131. The van der Waals surface area contributed by atoms with Crippen molar-refractivity contribution in [1.29, 1.82) is 0 Å². The third-order valence-corrected chi connectivity index (χ3v) is 4.54. The zero-order valence-electron chi connectivity index (χ0n) is 10.9. The summed E-state index contributed by atoms with van der Waals surface area (Å²) in [5.41, 5.74) is 0.877. The Morgan fingerprint density at radius 2 is 2.50 bits per heavy atom. The molecule has 0 spiro atoms. The quantitative estimate of drug-likeness (QED) is 0.900. The third-order valence-electron chi connectivity index (χ3n) is 3.49. The van der Waals surface area contributed by atoms with E-state index in [4.69, 9.17) is 0 Å². The summed E-state index contributed by atoms with van der Waals surface area (Å²) in [4.78, 5) is 18.4. The maximum absolute atomic E-state index is 12.1. The number of likely N-dealkylation sites (tertiary alicyclic amines) is 1. The standard InChI is InChI=1S/C13H20N2O2S/c1-3-12-14-11(8-18-12)6-13(17)15-5-4-10(7-15)9(2)16/h8-10,16H,3-7H2,1-2H3. The molecule has 0 aliphatic carbocycles. The summed E-state index contributed by atoms with van der Waals surface area (Å²) in [5.74, 6) is 0.363. The van der Waals surface area contributed by atoms with Gasteiger partial charge in [0, 0.05) is 24.4 Å². The number of amides is 1. The van der Waals surface area contributed by atoms with Crippen molar-refractivity contribution in [2.24, 2.45) is 5.92 Å². The molecule has 1 aromatic heterocycles. The molecule has 4 nitrogen and oxygen atoms in total. The lowest BCUT2D eigenvalue weighted by molar-refractivity contribution is -0.129. The van der Waals surface area contributed by atoms with Crippen molar-refractivity contribution in [2.45, 2.75) is 39.2 Å². The maximum atomic E-state index is 12.1. The van der Waals surface area contributed by atoms with Gasteiger partial charge < -0.3 is 10.0 Å². The number of aliphatic hydroxyl groups is 1. The Kier molecular flexibility index (Phi) is 4.35. The molecule has 100 valence electrons. The molecule has 1 saturated heterocycles. The number of aryl methyl sites for hydroxylation is 1. The number of carbonyl (C=O) groups excluding carboxylic acids is 1. The zero-order chi connectivity index (χ0) is 13.1. The van der Waals surface area contributed by atoms with Gasteiger partial charge in [-0.05, 0) is 19.8 Å². The average Bonchev–Trinajstić information content (AvgIpc) is 2.97. The molecule has 0 saturated carbocycles. The van der Waals surface area contributed by atoms with Crippen LogP contribution in [0, 0.1) is 5.92 Å². The van der Waals surface area contributed by atoms with Gasteiger partial charge >= 0.3 is 0 Å². The highest BCUT2D eigenvalue weighted by molar-refractivity contribution is 7.09. The molecule has 1 aliphatic rings. The molecule has 2 rings (SSSR count). The van der Waals surface area contributed by atoms with E-state index in [1.807, 2.05) is 10.3 Å². The molecule has 2 atom stereocenters. The molecule has 1 fully saturated rings. The number of thiazole rings is 1. The van der Waals surface area contributed by atoms with Crippen LogP contribution in [0.25, 0.3) is 0 Å². The maximum Gasteiger partial charge on any atom is 0.228 e. The van der Waals surface area contributed by atoms with E-state index in [0.29, 0.717) is 13.0 Å². The highest BCUT2D eigenvalue weighted by Gasteiger charge is 2.29. The molecule has 1 aromatic rings. The zero-order valence-corrected chi connectivity index (χ0v) is 11.7. The van der Waals surface area contributed by atoms with Gasteiger partial charge in [0.15, 0.2) is 0 Å². The van der Waals surface area contributed by atoms with Gasteiger partial charge in [0.2, 0.25) is 5.91 Å². The predicted octanol–water partition coefficient (Wildman–Crippen LogP) is 1.48. The lowest BCUT2D eigenvalue weighted by Crippen LogP contribution is -2.31. The van der Waals surface area contributed by atoms with Gasteiger partial charge in [-0.25, -0.2) is 4.98 Å². The second-order valence-corrected chi connectivity index (χ2v) is 5.83. The van der Waals surface area contributed by atoms with E-state index in [-0.39, 0.29) is 17.9 Å². The van der Waals surface area contributed by atoms with Crippen LogP contribution in [0.3, 0.4) is 0 Å². The van der Waals surface area contributed by atoms with E-state index in [9.17, 15) is 9.90 Å². The number of rotatable bonds is 4. The fraction of sp³-hybridized carbons (Fsp3) is 0.692. The first kappa shape index (κ1) is 13.5. The molecule has 1 amide bonds. The van der Waals surface area contributed by atoms with Crippen molar-refractivity contribution in [3.63, 3.8) is 0 Å². The number of hydrogen-bond donors (Lipinski definition) is 1. The summed E-state index contributed by atoms with van der Waals surface area (Å²) in [7, 11) is 0. The summed E-state index contributed by atoms with van der Waals surface area (Å²) in [6, 6.07) is 0. The molecule has 0 radical (unpaired) electrons. The second kappa shape index (κ2) is 5.80. The van der Waals surface area contributed by atoms with E-state index >= 15 is 0 Å². The van der Waals surface area contributed by atoms with Crippen LogP contribution in [-0.4, -0.2) is 40.1 Å². The Bertz CT molecular complexity index is 417. The van der Waals surface area contributed by atoms with Crippen molar-refractivity contribution in [3.8, 4) is 0 Å². The highest BCUT2D eigenvalue weighted by Crippen LogP contribution is 2.20. The van der Waals surface area contributed by atoms with Crippen LogP contribution in [0.2, 0.25) is 0 Å². The number of nitrogens with zero attached hydrogens (tertiary/aromatic N) is 2. The summed E-state index contributed by atoms with van der Waals surface area (Å²) in [6.45, 7) is 5.31. The molecule has 2 heterocycles. The van der Waals surface area contributed by atoms with Gasteiger partial charge in [-0.1, -0.05) is 6.92 Å². The number of aliphatic hydroxyl groups excluding tert-OH is 1. The van der Waals surface area contributed by atoms with Gasteiger partial charge in [-0.15, -0.1) is 11.3 Å². The fourth-order valence-electron chi connectivity index (χ4n) is 2.27. The Labute approximate surface area is 112 Å². The van der Waals surface area contributed by atoms with Crippen LogP contribution in [-0.2, 0) is 17.6 Å². The van der Waals surface area contributed by atoms with E-state index in [2.05, 4.69) is 11.9 Å². The minimum atomic E-state index is -0.325. The van der Waals surface area contributed by atoms with Gasteiger partial charge in [-0.3, -0.25) is 4.79 Å². The lowest BCUT2D eigenvalue weighted by atomic mass is 10.0. The summed E-state index contributed by atoms with van der Waals surface area (Å²) < 4.78 is 0. The molecule has 0 bridgehead atoms. The van der Waals surface area contributed by atoms with E-state index < -0.39 is 0 Å². The molecule has 1 aliphatic heterocycles. The first-order valence-corrected chi connectivity index (χ1v) is 7.37. The number of hydrogen-bond acceptors (Lipinski definition) is 4. The molecule has 18 heavy (non-hydrogen) atoms. The van der Waals surface area contributed by atoms with Crippen molar-refractivity contribution in [2.75, 3.05) is 13.1 Å². The highest BCUT2D eigenvalue weighted by atomic mass is 32.1. The van der Waals surface area contributed by atoms with Gasteiger partial charge in [0.1, 0.15) is 0 Å². The molecule has 1 N–H and O–H groups in total. The van der Waals surface area contributed by atoms with Gasteiger partial charge in [0.25, 0.3) is 0 Å². The van der Waals surface area contributed by atoms with Gasteiger partial charge in [0.05, 0.1) is 23.2 Å². The van der Waals surface area contributed by atoms with Crippen LogP contribution in [0.4, 0.5) is 0 Å². The smallest absolute Gasteiger partial charge is 0.228 e. The van der Waals surface area contributed by atoms with Crippen molar-refractivity contribution < 1.29 is 9.90 Å². The normalized spacial score (nSPS) is 21.3. The summed E-state index contributed by atoms with van der Waals surface area (Å²) in [5, 5.41) is 12.6. The largest absolute Gasteiger partial charge is 0.393 e. The summed E-state index contributed by atoms with van der Waals surface area (Å²) >= 11 is 1.62. The van der Waals surface area contributed by atoms with Crippen molar-refractivity contribution in [3.05, 3.63) is 16.1 Å². The van der Waals surface area contributed by atoms with Crippen LogP contribution < -0.4 is 0 Å². The molecular formula is C13H20N2O2S. The topological polar surface area (TPSA) is 53.4 Å². The van der Waals surface area contributed by atoms with Crippen LogP contribution in [0.15, 0.2) is 5.38 Å². The van der Waals surface area contributed by atoms with Crippen LogP contribution in [0.1, 0.15) is 31.0 Å². The van der Waals surface area contributed by atoms with E-state index in [1.54, 1.807) is 18.3 Å². The van der Waals surface area contributed by atoms with Gasteiger partial charge in [-0.2, -0.15) is 0 Å². The summed E-state index contributed by atoms with van der Waals surface area (Å²) in [6.07, 6.45) is 1.89. The molecular weight excluding hydrogens is 248 g/mol. The SMILES string of the molecule is CCc1nc(CC(=O)N2CCC(C(C)O)C2)cs1. The number of aromatic nitrogens is 1. The van der Waals surface area contributed by atoms with E-state index in [0.717, 1.165) is 30.1 Å². The molecule has 0 aromatic carbocycles. The first-order chi connectivity index (χ1) is 8.60. The Hall–Kier alpha value is -0.940. The minimum Gasteiger partial charge on any atom is -0.393 e. The van der Waals surface area contributed by atoms with Crippen molar-refractivity contribution in [1.82, 2.24) is 9.88 Å². The monoisotopic (exact) mass is 268 g/mol. The first-order valence-electron chi connectivity index (χ1n) is 6.49. The predicted molar refractivity (Wildman–Crippen MR) is 71.6 cm³/mol. The van der Waals surface area contributed by atoms with E-state index in [1.165, 1.54) is 0 Å². The Morgan fingerprint density at radius 1 is 1.72 bits per heavy atom. The van der Waals surface area contributed by atoms with Crippen LogP contribution >= 0.6 is 11.3 Å². The van der Waals surface area contributed by atoms with Crippen LogP contribution in [0.5, 0.6) is 0 Å². The Balaban J connectivity index is 1.89. The van der Waals surface area contributed by atoms with Crippen molar-refractivity contribution >= 4 is 17.2 Å². The molecule has 5 heteroatoms. The molecule has 2 unspecified atom stereocenters. The number of carbonyl (C=O) groups is 1. The average molecular weight is 268 g/mol. The third kappa shape index (κ3) is 3.09. The lowest BCUT2D eigenvalue weighted by Gasteiger charge is -2.17. The fourth-order valence-corrected chi connectivity index (χ4v) is 3.01. The Morgan fingerprint density at radius 3 is 3.06 bits per heavy atom.